The molecule has 0 bridgehead atoms. The van der Waals surface area contributed by atoms with E-state index >= 15 is 0 Å². The van der Waals surface area contributed by atoms with Gasteiger partial charge in [-0.05, 0) is 42.3 Å². The minimum Gasteiger partial charge on any atom is -0.490 e. The van der Waals surface area contributed by atoms with E-state index in [0.29, 0.717) is 34.6 Å². The highest BCUT2D eigenvalue weighted by atomic mass is 19.3. The third kappa shape index (κ3) is 4.54. The summed E-state index contributed by atoms with van der Waals surface area (Å²) in [6.07, 6.45) is 1.91. The summed E-state index contributed by atoms with van der Waals surface area (Å²) in [6.45, 7) is 3.45. The van der Waals surface area contributed by atoms with Crippen molar-refractivity contribution in [2.24, 2.45) is 0 Å². The number of halogens is 2. The smallest absolute Gasteiger partial charge is 0.251 e. The molecule has 4 aromatic rings. The molecular weight excluding hydrogens is 454 g/mol. The Kier molecular flexibility index (Phi) is 5.64. The number of nitrogens with two attached hydrogens (primary N) is 1. The molecule has 8 nitrogen and oxygen atoms in total. The first-order valence-electron chi connectivity index (χ1n) is 11.0. The normalized spacial score (nSPS) is 16.8. The van der Waals surface area contributed by atoms with Crippen LogP contribution in [0.25, 0.3) is 27.9 Å². The second-order valence-electron chi connectivity index (χ2n) is 8.34. The van der Waals surface area contributed by atoms with E-state index in [-0.39, 0.29) is 24.6 Å². The first kappa shape index (κ1) is 22.5. The van der Waals surface area contributed by atoms with Crippen LogP contribution in [0.3, 0.4) is 0 Å². The van der Waals surface area contributed by atoms with Crippen molar-refractivity contribution in [1.29, 1.82) is 0 Å². The number of carbonyl (C=O) groups excluding carboxylic acids is 1. The third-order valence-corrected chi connectivity index (χ3v) is 5.88. The standard InChI is InChI=1S/C25H22F2N6O2/c1-2-20(34)31-17-7-3-16(4-8-17)22-21(23-24(28)29-14-30-33(23)32-22)15-5-9-18(10-6-15)35-19-11-12-25(26,27)13-19/h2-10,14,19H,1,11-13H2,(H,31,34)(H2,28,29,30). The summed E-state index contributed by atoms with van der Waals surface area (Å²) in [7, 11) is 0. The van der Waals surface area contributed by atoms with Gasteiger partial charge < -0.3 is 15.8 Å². The Balaban J connectivity index is 1.50. The highest BCUT2D eigenvalue weighted by Crippen LogP contribution is 2.39. The van der Waals surface area contributed by atoms with Crippen molar-refractivity contribution in [3.63, 3.8) is 0 Å². The van der Waals surface area contributed by atoms with Gasteiger partial charge in [0.1, 0.15) is 29.4 Å². The van der Waals surface area contributed by atoms with E-state index in [1.54, 1.807) is 24.3 Å². The third-order valence-electron chi connectivity index (χ3n) is 5.88. The monoisotopic (exact) mass is 476 g/mol. The van der Waals surface area contributed by atoms with Gasteiger partial charge in [-0.1, -0.05) is 30.8 Å². The lowest BCUT2D eigenvalue weighted by Gasteiger charge is -2.14. The molecule has 1 fully saturated rings. The van der Waals surface area contributed by atoms with Crippen molar-refractivity contribution in [2.75, 3.05) is 11.1 Å². The van der Waals surface area contributed by atoms with Crippen LogP contribution in [0.5, 0.6) is 5.75 Å². The van der Waals surface area contributed by atoms with Crippen LogP contribution in [0.15, 0.2) is 67.5 Å². The van der Waals surface area contributed by atoms with E-state index in [9.17, 15) is 13.6 Å². The van der Waals surface area contributed by atoms with Crippen LogP contribution >= 0.6 is 0 Å². The molecule has 178 valence electrons. The minimum atomic E-state index is -2.67. The highest BCUT2D eigenvalue weighted by molar-refractivity contribution is 5.99. The number of nitrogens with zero attached hydrogens (tertiary/aromatic N) is 4. The van der Waals surface area contributed by atoms with E-state index < -0.39 is 12.0 Å². The first-order chi connectivity index (χ1) is 16.8. The van der Waals surface area contributed by atoms with Crippen LogP contribution in [0.4, 0.5) is 20.3 Å². The summed E-state index contributed by atoms with van der Waals surface area (Å²) in [5.41, 5.74) is 10.2. The molecule has 0 spiro atoms. The molecule has 1 aliphatic carbocycles. The molecule has 0 radical (unpaired) electrons. The van der Waals surface area contributed by atoms with Gasteiger partial charge in [-0.25, -0.2) is 13.8 Å². The van der Waals surface area contributed by atoms with Crippen LogP contribution in [0, 0.1) is 0 Å². The van der Waals surface area contributed by atoms with Gasteiger partial charge in [-0.15, -0.1) is 14.8 Å². The number of alkyl halides is 2. The molecule has 1 unspecified atom stereocenters. The molecule has 10 heteroatoms. The Hall–Kier alpha value is -4.34. The van der Waals surface area contributed by atoms with E-state index in [2.05, 4.69) is 27.1 Å². The van der Waals surface area contributed by atoms with Crippen LogP contribution in [0.2, 0.25) is 0 Å². The molecule has 1 atom stereocenters. The number of hydrogen-bond donors (Lipinski definition) is 2. The topological polar surface area (TPSA) is 107 Å². The van der Waals surface area contributed by atoms with Gasteiger partial charge in [-0.3, -0.25) is 4.79 Å². The maximum absolute atomic E-state index is 13.5. The van der Waals surface area contributed by atoms with E-state index in [1.165, 1.54) is 17.0 Å². The number of aromatic nitrogens is 4. The van der Waals surface area contributed by atoms with Crippen molar-refractivity contribution in [3.8, 4) is 28.1 Å². The Morgan fingerprint density at radius 1 is 1.17 bits per heavy atom. The quantitative estimate of drug-likeness (QED) is 0.390. The van der Waals surface area contributed by atoms with Crippen LogP contribution in [-0.4, -0.2) is 37.7 Å². The number of nitrogen functional groups attached to an aromatic ring is 1. The summed E-state index contributed by atoms with van der Waals surface area (Å²) < 4.78 is 34.2. The summed E-state index contributed by atoms with van der Waals surface area (Å²) in [4.78, 5) is 15.7. The average Bonchev–Trinajstić information content (AvgIpc) is 3.40. The lowest BCUT2D eigenvalue weighted by molar-refractivity contribution is -0.111. The number of benzene rings is 2. The number of hydrogen-bond acceptors (Lipinski definition) is 6. The van der Waals surface area contributed by atoms with E-state index in [0.717, 1.165) is 11.1 Å². The van der Waals surface area contributed by atoms with Crippen molar-refractivity contribution in [1.82, 2.24) is 19.8 Å². The zero-order valence-corrected chi connectivity index (χ0v) is 18.6. The maximum atomic E-state index is 13.5. The Labute approximate surface area is 199 Å². The van der Waals surface area contributed by atoms with Crippen LogP contribution in [-0.2, 0) is 4.79 Å². The number of rotatable bonds is 6. The molecule has 2 aromatic heterocycles. The lowest BCUT2D eigenvalue weighted by Crippen LogP contribution is -2.16. The predicted molar refractivity (Wildman–Crippen MR) is 128 cm³/mol. The number of nitrogens with one attached hydrogen (secondary N) is 1. The van der Waals surface area contributed by atoms with Gasteiger partial charge in [0, 0.05) is 29.7 Å². The van der Waals surface area contributed by atoms with Gasteiger partial charge in [0.15, 0.2) is 5.82 Å². The fourth-order valence-electron chi connectivity index (χ4n) is 4.20. The van der Waals surface area contributed by atoms with Gasteiger partial charge in [0.05, 0.1) is 0 Å². The SMILES string of the molecule is C=CC(=O)Nc1ccc(-c2nn3ncnc(N)c3c2-c2ccc(OC3CCC(F)(F)C3)cc2)cc1. The number of anilines is 2. The molecule has 1 amide bonds. The molecule has 5 rings (SSSR count). The van der Waals surface area contributed by atoms with Crippen LogP contribution < -0.4 is 15.8 Å². The van der Waals surface area contributed by atoms with Crippen molar-refractivity contribution < 1.29 is 18.3 Å². The number of amides is 1. The molecular formula is C25H22F2N6O2. The predicted octanol–water partition coefficient (Wildman–Crippen LogP) is 4.73. The molecule has 35 heavy (non-hydrogen) atoms. The summed E-state index contributed by atoms with van der Waals surface area (Å²) in [6, 6.07) is 14.3. The molecule has 1 aliphatic rings. The first-order valence-corrected chi connectivity index (χ1v) is 11.0. The van der Waals surface area contributed by atoms with Gasteiger partial charge in [0.2, 0.25) is 5.91 Å². The number of fused-ring (bicyclic) bond motifs is 1. The summed E-state index contributed by atoms with van der Waals surface area (Å²) in [5.74, 6) is -2.20. The zero-order valence-electron chi connectivity index (χ0n) is 18.6. The summed E-state index contributed by atoms with van der Waals surface area (Å²) >= 11 is 0. The Morgan fingerprint density at radius 2 is 1.89 bits per heavy atom. The maximum Gasteiger partial charge on any atom is 0.251 e. The van der Waals surface area contributed by atoms with E-state index in [1.807, 2.05) is 24.3 Å². The van der Waals surface area contributed by atoms with Crippen molar-refractivity contribution in [3.05, 3.63) is 67.5 Å². The van der Waals surface area contributed by atoms with E-state index in [4.69, 9.17) is 10.5 Å². The van der Waals surface area contributed by atoms with Gasteiger partial charge in [0.25, 0.3) is 5.92 Å². The second kappa shape index (κ2) is 8.79. The highest BCUT2D eigenvalue weighted by Gasteiger charge is 2.40. The fraction of sp³-hybridized carbons (Fsp3) is 0.200. The van der Waals surface area contributed by atoms with Crippen LogP contribution in [0.1, 0.15) is 19.3 Å². The second-order valence-corrected chi connectivity index (χ2v) is 8.34. The molecule has 2 heterocycles. The van der Waals surface area contributed by atoms with Crippen molar-refractivity contribution >= 4 is 22.9 Å². The molecule has 0 saturated heterocycles. The van der Waals surface area contributed by atoms with Crippen molar-refractivity contribution in [2.45, 2.75) is 31.3 Å². The fourth-order valence-corrected chi connectivity index (χ4v) is 4.20. The zero-order chi connectivity index (χ0) is 24.6. The van der Waals surface area contributed by atoms with Gasteiger partial charge in [-0.2, -0.15) is 0 Å². The average molecular weight is 476 g/mol. The Bertz CT molecular complexity index is 1400. The molecule has 2 aromatic carbocycles. The number of carbonyl (C=O) groups is 1. The minimum absolute atomic E-state index is 0.156. The lowest BCUT2D eigenvalue weighted by atomic mass is 9.99. The molecule has 3 N–H and O–H groups in total. The molecule has 1 saturated carbocycles. The Morgan fingerprint density at radius 3 is 2.54 bits per heavy atom. The number of ether oxygens (including phenoxy) is 1. The molecule has 0 aliphatic heterocycles. The largest absolute Gasteiger partial charge is 0.490 e. The van der Waals surface area contributed by atoms with Gasteiger partial charge >= 0.3 is 0 Å². The summed E-state index contributed by atoms with van der Waals surface area (Å²) in [5, 5.41) is 11.5.